The number of ether oxygens (including phenoxy) is 1. The monoisotopic (exact) mass is 621 g/mol. The number of pyridine rings is 1. The van der Waals surface area contributed by atoms with E-state index in [0.717, 1.165) is 16.3 Å². The van der Waals surface area contributed by atoms with Gasteiger partial charge < -0.3 is 36.2 Å². The zero-order valence-electron chi connectivity index (χ0n) is 25.6. The van der Waals surface area contributed by atoms with E-state index >= 15 is 0 Å². The van der Waals surface area contributed by atoms with Crippen molar-refractivity contribution in [2.75, 3.05) is 7.11 Å². The summed E-state index contributed by atoms with van der Waals surface area (Å²) in [6, 6.07) is 11.6. The van der Waals surface area contributed by atoms with E-state index in [1.54, 1.807) is 36.5 Å². The molecule has 0 spiro atoms. The number of carboxylic acid groups (broad SMARTS) is 1. The molecule has 0 saturated heterocycles. The fourth-order valence-electron chi connectivity index (χ4n) is 4.50. The van der Waals surface area contributed by atoms with Crippen molar-refractivity contribution in [3.8, 4) is 5.75 Å². The van der Waals surface area contributed by atoms with Gasteiger partial charge in [-0.3, -0.25) is 29.0 Å². The summed E-state index contributed by atoms with van der Waals surface area (Å²) in [5.74, 6) is -3.96. The molecule has 45 heavy (non-hydrogen) atoms. The molecule has 3 aromatic rings. The smallest absolute Gasteiger partial charge is 0.305 e. The van der Waals surface area contributed by atoms with Crippen molar-refractivity contribution < 1.29 is 38.9 Å². The van der Waals surface area contributed by atoms with Crippen molar-refractivity contribution in [1.82, 2.24) is 26.3 Å². The number of fused-ring (bicyclic) bond motifs is 1. The number of aliphatic hydroxyl groups is 1. The molecule has 13 nitrogen and oxygen atoms in total. The van der Waals surface area contributed by atoms with Crippen LogP contribution in [0.4, 0.5) is 0 Å². The van der Waals surface area contributed by atoms with Crippen LogP contribution in [0.5, 0.6) is 5.75 Å². The molecule has 0 saturated carbocycles. The molecular weight excluding hydrogens is 582 g/mol. The van der Waals surface area contributed by atoms with Crippen molar-refractivity contribution >= 4 is 40.4 Å². The molecule has 4 atom stereocenters. The highest BCUT2D eigenvalue weighted by Gasteiger charge is 2.33. The lowest BCUT2D eigenvalue weighted by atomic mass is 10.0. The summed E-state index contributed by atoms with van der Waals surface area (Å²) in [6.45, 7) is 5.04. The lowest BCUT2D eigenvalue weighted by Gasteiger charge is -2.26. The molecule has 0 aliphatic carbocycles. The van der Waals surface area contributed by atoms with Crippen LogP contribution in [-0.4, -0.2) is 76.1 Å². The fraction of sp³-hybridized carbons (Fsp3) is 0.375. The summed E-state index contributed by atoms with van der Waals surface area (Å²) in [7, 11) is 1.52. The lowest BCUT2D eigenvalue weighted by Crippen LogP contribution is -2.59. The van der Waals surface area contributed by atoms with E-state index in [1.165, 1.54) is 14.0 Å². The van der Waals surface area contributed by atoms with Crippen LogP contribution in [-0.2, 0) is 25.7 Å². The SMILES string of the molecule is COc1ccc(CNC(=O)[C@@H](NC(=O)[C@H](CC(=O)O)NC(=O)[C@H](CC(C)C)NC(=O)c2cc3ccccc3cn2)[C@@H](C)O)cc1. The predicted octanol–water partition coefficient (Wildman–Crippen LogP) is 1.53. The number of aliphatic hydroxyl groups excluding tert-OH is 1. The second-order valence-electron chi connectivity index (χ2n) is 11.0. The number of benzene rings is 2. The minimum atomic E-state index is -1.61. The van der Waals surface area contributed by atoms with Gasteiger partial charge in [-0.25, -0.2) is 0 Å². The minimum absolute atomic E-state index is 0.0635. The van der Waals surface area contributed by atoms with Crippen molar-refractivity contribution in [2.45, 2.75) is 64.4 Å². The van der Waals surface area contributed by atoms with E-state index in [9.17, 15) is 34.2 Å². The summed E-state index contributed by atoms with van der Waals surface area (Å²) in [4.78, 5) is 68.3. The molecule has 6 N–H and O–H groups in total. The third kappa shape index (κ3) is 10.3. The number of carbonyl (C=O) groups is 5. The van der Waals surface area contributed by atoms with Crippen molar-refractivity contribution in [3.05, 3.63) is 72.1 Å². The number of hydrogen-bond acceptors (Lipinski definition) is 8. The molecule has 3 rings (SSSR count). The molecule has 0 aliphatic heterocycles. The van der Waals surface area contributed by atoms with E-state index in [0.29, 0.717) is 5.75 Å². The van der Waals surface area contributed by atoms with E-state index < -0.39 is 60.2 Å². The summed E-state index contributed by atoms with van der Waals surface area (Å²) < 4.78 is 5.11. The Hall–Kier alpha value is -5.04. The number of amides is 4. The second kappa shape index (κ2) is 16.1. The number of methoxy groups -OCH3 is 1. The lowest BCUT2D eigenvalue weighted by molar-refractivity contribution is -0.141. The number of carbonyl (C=O) groups excluding carboxylic acids is 4. The average molecular weight is 622 g/mol. The first-order valence-electron chi connectivity index (χ1n) is 14.4. The van der Waals surface area contributed by atoms with Gasteiger partial charge in [0, 0.05) is 18.1 Å². The van der Waals surface area contributed by atoms with Gasteiger partial charge in [0.2, 0.25) is 17.7 Å². The molecule has 1 heterocycles. The molecule has 0 aliphatic rings. The largest absolute Gasteiger partial charge is 0.497 e. The maximum absolute atomic E-state index is 13.4. The first-order chi connectivity index (χ1) is 21.4. The molecule has 4 amide bonds. The highest BCUT2D eigenvalue weighted by atomic mass is 16.5. The van der Waals surface area contributed by atoms with Gasteiger partial charge in [0.1, 0.15) is 29.6 Å². The van der Waals surface area contributed by atoms with Crippen LogP contribution in [0.1, 0.15) is 49.7 Å². The molecule has 0 fully saturated rings. The van der Waals surface area contributed by atoms with Gasteiger partial charge in [-0.15, -0.1) is 0 Å². The Bertz CT molecular complexity index is 1510. The van der Waals surface area contributed by atoms with Crippen LogP contribution in [0.15, 0.2) is 60.8 Å². The molecule has 0 bridgehead atoms. The molecule has 0 radical (unpaired) electrons. The van der Waals surface area contributed by atoms with Gasteiger partial charge in [-0.2, -0.15) is 0 Å². The zero-order valence-corrected chi connectivity index (χ0v) is 25.6. The third-order valence-corrected chi connectivity index (χ3v) is 6.89. The number of aromatic nitrogens is 1. The van der Waals surface area contributed by atoms with Crippen molar-refractivity contribution in [2.24, 2.45) is 5.92 Å². The van der Waals surface area contributed by atoms with E-state index in [2.05, 4.69) is 26.3 Å². The Morgan fingerprint density at radius 3 is 2.09 bits per heavy atom. The second-order valence-corrected chi connectivity index (χ2v) is 11.0. The summed E-state index contributed by atoms with van der Waals surface area (Å²) in [5, 5.41) is 31.3. The Labute approximate surface area is 260 Å². The Kier molecular flexibility index (Phi) is 12.4. The van der Waals surface area contributed by atoms with Gasteiger partial charge in [0.05, 0.1) is 19.6 Å². The molecule has 1 aromatic heterocycles. The Balaban J connectivity index is 1.71. The van der Waals surface area contributed by atoms with Gasteiger partial charge in [-0.05, 0) is 48.4 Å². The van der Waals surface area contributed by atoms with Gasteiger partial charge in [-0.1, -0.05) is 50.2 Å². The first kappa shape index (κ1) is 34.5. The topological polar surface area (TPSA) is 196 Å². The Morgan fingerprint density at radius 2 is 1.49 bits per heavy atom. The highest BCUT2D eigenvalue weighted by molar-refractivity contribution is 6.00. The van der Waals surface area contributed by atoms with Crippen LogP contribution >= 0.6 is 0 Å². The van der Waals surface area contributed by atoms with Crippen molar-refractivity contribution in [1.29, 1.82) is 0 Å². The summed E-state index contributed by atoms with van der Waals surface area (Å²) in [5.41, 5.74) is 0.809. The normalized spacial score (nSPS) is 13.6. The molecule has 2 aromatic carbocycles. The Morgan fingerprint density at radius 1 is 0.844 bits per heavy atom. The fourth-order valence-corrected chi connectivity index (χ4v) is 4.50. The van der Waals surface area contributed by atoms with Crippen LogP contribution in [0.25, 0.3) is 10.8 Å². The highest BCUT2D eigenvalue weighted by Crippen LogP contribution is 2.15. The predicted molar refractivity (Wildman–Crippen MR) is 165 cm³/mol. The summed E-state index contributed by atoms with van der Waals surface area (Å²) in [6.07, 6.45) is -0.447. The molecular formula is C32H39N5O8. The maximum Gasteiger partial charge on any atom is 0.305 e. The molecule has 13 heteroatoms. The summed E-state index contributed by atoms with van der Waals surface area (Å²) >= 11 is 0. The zero-order chi connectivity index (χ0) is 33.1. The number of nitrogens with one attached hydrogen (secondary N) is 4. The molecule has 0 unspecified atom stereocenters. The number of hydrogen-bond donors (Lipinski definition) is 6. The van der Waals surface area contributed by atoms with Crippen LogP contribution in [0, 0.1) is 5.92 Å². The first-order valence-corrected chi connectivity index (χ1v) is 14.4. The van der Waals surface area contributed by atoms with Crippen LogP contribution in [0.3, 0.4) is 0 Å². The van der Waals surface area contributed by atoms with E-state index in [-0.39, 0.29) is 24.6 Å². The van der Waals surface area contributed by atoms with Gasteiger partial charge >= 0.3 is 5.97 Å². The number of rotatable bonds is 15. The number of aliphatic carboxylic acids is 1. The van der Waals surface area contributed by atoms with Crippen LogP contribution < -0.4 is 26.0 Å². The quantitative estimate of drug-likeness (QED) is 0.146. The van der Waals surface area contributed by atoms with Gasteiger partial charge in [0.25, 0.3) is 5.91 Å². The van der Waals surface area contributed by atoms with E-state index in [4.69, 9.17) is 4.74 Å². The third-order valence-electron chi connectivity index (χ3n) is 6.89. The van der Waals surface area contributed by atoms with Crippen molar-refractivity contribution in [3.63, 3.8) is 0 Å². The van der Waals surface area contributed by atoms with Crippen LogP contribution in [0.2, 0.25) is 0 Å². The van der Waals surface area contributed by atoms with Gasteiger partial charge in [0.15, 0.2) is 0 Å². The standard InChI is InChI=1S/C32H39N5O8/c1-18(2)13-25(35-29(41)24-14-21-7-5-6-8-22(21)17-33-24)30(42)36-26(15-27(39)40)31(43)37-28(19(3)38)32(44)34-16-20-9-11-23(45-4)12-10-20/h5-12,14,17-19,25-26,28,38H,13,15-16H2,1-4H3,(H,34,44)(H,35,41)(H,36,42)(H,37,43)(H,39,40)/t19-,25+,26+,28+/m1/s1. The number of nitrogens with zero attached hydrogens (tertiary/aromatic N) is 1. The average Bonchev–Trinajstić information content (AvgIpc) is 3.00. The minimum Gasteiger partial charge on any atom is -0.497 e. The van der Waals surface area contributed by atoms with E-state index in [1.807, 2.05) is 38.1 Å². The maximum atomic E-state index is 13.4. The number of carboxylic acids is 1. The molecule has 240 valence electrons.